The van der Waals surface area contributed by atoms with Gasteiger partial charge in [0.1, 0.15) is 46.8 Å². The van der Waals surface area contributed by atoms with Crippen molar-refractivity contribution in [1.82, 2.24) is 25.5 Å². The van der Waals surface area contributed by atoms with Crippen LogP contribution >= 0.6 is 18.9 Å². The van der Waals surface area contributed by atoms with Crippen molar-refractivity contribution >= 4 is 52.9 Å². The Balaban J connectivity index is 1.21. The number of thiazole rings is 1. The van der Waals surface area contributed by atoms with Gasteiger partial charge >= 0.3 is 13.7 Å². The molecule has 4 heterocycles. The molecule has 3 amide bonds. The number of fused-ring (bicyclic) bond motifs is 3. The van der Waals surface area contributed by atoms with E-state index in [-0.39, 0.29) is 31.5 Å². The smallest absolute Gasteiger partial charge is 0.408 e. The highest BCUT2D eigenvalue weighted by Crippen LogP contribution is 2.67. The van der Waals surface area contributed by atoms with E-state index in [1.54, 1.807) is 31.4 Å². The molecule has 17 heteroatoms. The number of methoxy groups -OCH3 is 1. The lowest BCUT2D eigenvalue weighted by molar-refractivity contribution is -0.140. The second-order valence-electron chi connectivity index (χ2n) is 15.6. The van der Waals surface area contributed by atoms with Gasteiger partial charge in [0.25, 0.3) is 0 Å². The highest BCUT2D eigenvalue weighted by molar-refractivity contribution is 7.54. The van der Waals surface area contributed by atoms with Gasteiger partial charge in [0.05, 0.1) is 24.9 Å². The molecular weight excluding hydrogens is 760 g/mol. The number of pyridine rings is 1. The average Bonchev–Trinajstić information content (AvgIpc) is 3.57. The number of benzene rings is 1. The van der Waals surface area contributed by atoms with Crippen LogP contribution in [0.4, 0.5) is 9.93 Å². The van der Waals surface area contributed by atoms with Gasteiger partial charge in [-0.15, -0.1) is 11.3 Å². The van der Waals surface area contributed by atoms with E-state index in [4.69, 9.17) is 24.2 Å². The maximum atomic E-state index is 14.6. The normalized spacial score (nSPS) is 26.8. The number of hydrogen-bond acceptors (Lipinski definition) is 11. The fraction of sp³-hybridized carbons (Fsp3) is 0.564. The maximum absolute atomic E-state index is 14.6. The molecule has 56 heavy (non-hydrogen) atoms. The summed E-state index contributed by atoms with van der Waals surface area (Å²) in [6.45, 7) is 4.04. The van der Waals surface area contributed by atoms with E-state index >= 15 is 0 Å². The quantitative estimate of drug-likeness (QED) is 0.123. The summed E-state index contributed by atoms with van der Waals surface area (Å²) in [5.74, 6) is -0.671. The summed E-state index contributed by atoms with van der Waals surface area (Å²) in [4.78, 5) is 73.9. The van der Waals surface area contributed by atoms with Crippen molar-refractivity contribution in [2.45, 2.75) is 120 Å². The van der Waals surface area contributed by atoms with Gasteiger partial charge in [-0.05, 0) is 77.3 Å². The van der Waals surface area contributed by atoms with Crippen LogP contribution in [-0.2, 0) is 18.9 Å². The Morgan fingerprint density at radius 2 is 1.84 bits per heavy atom. The van der Waals surface area contributed by atoms with Gasteiger partial charge in [0.15, 0.2) is 5.13 Å². The number of aromatic nitrogens is 2. The van der Waals surface area contributed by atoms with Crippen molar-refractivity contribution in [3.8, 4) is 22.9 Å². The molecule has 5 N–H and O–H groups in total. The van der Waals surface area contributed by atoms with E-state index in [2.05, 4.69) is 16.0 Å². The highest BCUT2D eigenvalue weighted by Gasteiger charge is 2.66. The second kappa shape index (κ2) is 16.7. The first-order chi connectivity index (χ1) is 26.8. The van der Waals surface area contributed by atoms with Crippen LogP contribution in [0, 0.1) is 5.92 Å². The number of nitrogens with zero attached hydrogens (tertiary/aromatic N) is 3. The van der Waals surface area contributed by atoms with E-state index in [1.165, 1.54) is 16.2 Å². The van der Waals surface area contributed by atoms with Crippen LogP contribution in [0.25, 0.3) is 22.3 Å². The largest absolute Gasteiger partial charge is 0.497 e. The summed E-state index contributed by atoms with van der Waals surface area (Å²) < 4.78 is 30.8. The molecule has 2 aliphatic carbocycles. The minimum Gasteiger partial charge on any atom is -0.497 e. The number of alkyl carbamates (subject to hydrolysis) is 1. The SMILES string of the molecule is COc1ccc2c(O[C@@H]3C[C@H]4C(=O)NC5(P(=O)(O)O)CC5/C=C\CCCCC[C@H](NC(=O)OC5CCCC5)C(=O)N4C3)cc(-c3csc(NC(C)C)n3)nc2c1. The van der Waals surface area contributed by atoms with Gasteiger partial charge in [-0.25, -0.2) is 14.8 Å². The van der Waals surface area contributed by atoms with Crippen LogP contribution < -0.4 is 25.4 Å². The third-order valence-electron chi connectivity index (χ3n) is 11.0. The fourth-order valence-corrected chi connectivity index (χ4v) is 10.0. The molecule has 1 saturated heterocycles. The zero-order chi connectivity index (χ0) is 39.6. The second-order valence-corrected chi connectivity index (χ2v) is 18.3. The minimum atomic E-state index is -4.81. The van der Waals surface area contributed by atoms with Gasteiger partial charge in [-0.2, -0.15) is 0 Å². The lowest BCUT2D eigenvalue weighted by Crippen LogP contribution is -2.55. The number of rotatable bonds is 9. The number of allylic oxidation sites excluding steroid dienone is 1. The molecule has 302 valence electrons. The van der Waals surface area contributed by atoms with E-state index in [0.29, 0.717) is 53.1 Å². The van der Waals surface area contributed by atoms with Gasteiger partial charge in [-0.1, -0.05) is 25.0 Å². The predicted octanol–water partition coefficient (Wildman–Crippen LogP) is 6.10. The number of hydrogen-bond donors (Lipinski definition) is 5. The number of amides is 3. The Morgan fingerprint density at radius 1 is 1.05 bits per heavy atom. The first-order valence-electron chi connectivity index (χ1n) is 19.5. The summed E-state index contributed by atoms with van der Waals surface area (Å²) in [6, 6.07) is 5.27. The first kappa shape index (κ1) is 40.0. The monoisotopic (exact) mass is 810 g/mol. The van der Waals surface area contributed by atoms with E-state index in [9.17, 15) is 28.7 Å². The van der Waals surface area contributed by atoms with Crippen molar-refractivity contribution in [3.63, 3.8) is 0 Å². The minimum absolute atomic E-state index is 0.0204. The van der Waals surface area contributed by atoms with Crippen LogP contribution in [0.1, 0.15) is 84.5 Å². The van der Waals surface area contributed by atoms with E-state index < -0.39 is 54.9 Å². The Kier molecular flexibility index (Phi) is 11.9. The zero-order valence-corrected chi connectivity index (χ0v) is 33.7. The maximum Gasteiger partial charge on any atom is 0.408 e. The molecule has 15 nitrogen and oxygen atoms in total. The fourth-order valence-electron chi connectivity index (χ4n) is 7.98. The molecule has 0 bridgehead atoms. The Labute approximate surface area is 330 Å². The summed E-state index contributed by atoms with van der Waals surface area (Å²) in [6.07, 6.45) is 8.87. The summed E-state index contributed by atoms with van der Waals surface area (Å²) >= 11 is 1.46. The Morgan fingerprint density at radius 3 is 2.59 bits per heavy atom. The molecule has 5 atom stereocenters. The van der Waals surface area contributed by atoms with Crippen LogP contribution in [0.15, 0.2) is 41.8 Å². The third-order valence-corrected chi connectivity index (χ3v) is 13.5. The summed E-state index contributed by atoms with van der Waals surface area (Å²) in [5, 5.41) is 10.4. The van der Waals surface area contributed by atoms with Crippen molar-refractivity contribution in [2.24, 2.45) is 5.92 Å². The summed E-state index contributed by atoms with van der Waals surface area (Å²) in [7, 11) is -3.24. The van der Waals surface area contributed by atoms with Gasteiger partial charge < -0.3 is 44.8 Å². The first-order valence-corrected chi connectivity index (χ1v) is 22.0. The molecule has 2 saturated carbocycles. The number of nitrogens with one attached hydrogen (secondary N) is 3. The lowest BCUT2D eigenvalue weighted by Gasteiger charge is -2.30. The molecule has 0 spiro atoms. The Bertz CT molecular complexity index is 2010. The number of anilines is 1. The van der Waals surface area contributed by atoms with Crippen LogP contribution in [0.5, 0.6) is 11.5 Å². The molecule has 2 aromatic heterocycles. The van der Waals surface area contributed by atoms with Crippen LogP contribution in [-0.4, -0.2) is 91.8 Å². The molecule has 3 aromatic rings. The molecule has 2 aliphatic heterocycles. The number of ether oxygens (including phenoxy) is 3. The van der Waals surface area contributed by atoms with Crippen molar-refractivity contribution in [2.75, 3.05) is 19.0 Å². The van der Waals surface area contributed by atoms with Crippen molar-refractivity contribution in [3.05, 3.63) is 41.8 Å². The molecule has 4 aliphatic rings. The van der Waals surface area contributed by atoms with E-state index in [1.807, 2.05) is 31.4 Å². The van der Waals surface area contributed by atoms with E-state index in [0.717, 1.165) is 43.7 Å². The average molecular weight is 811 g/mol. The van der Waals surface area contributed by atoms with Gasteiger partial charge in [0.2, 0.25) is 11.8 Å². The van der Waals surface area contributed by atoms with Crippen LogP contribution in [0.3, 0.4) is 0 Å². The summed E-state index contributed by atoms with van der Waals surface area (Å²) in [5.41, 5.74) is 1.78. The van der Waals surface area contributed by atoms with Gasteiger partial charge in [-0.3, -0.25) is 14.2 Å². The van der Waals surface area contributed by atoms with Crippen molar-refractivity contribution < 1.29 is 42.9 Å². The topological polar surface area (TPSA) is 202 Å². The van der Waals surface area contributed by atoms with Gasteiger partial charge in [0, 0.05) is 41.3 Å². The Hall–Kier alpha value is -4.24. The molecule has 1 aromatic carbocycles. The molecule has 3 fully saturated rings. The zero-order valence-electron chi connectivity index (χ0n) is 31.9. The molecule has 7 rings (SSSR count). The predicted molar refractivity (Wildman–Crippen MR) is 212 cm³/mol. The molecule has 0 radical (unpaired) electrons. The van der Waals surface area contributed by atoms with Crippen molar-refractivity contribution in [1.29, 1.82) is 0 Å². The molecule has 2 unspecified atom stereocenters. The number of carbonyl (C=O) groups excluding carboxylic acids is 3. The number of carbonyl (C=O) groups is 3. The molecular formula is C39H51N6O9PS. The standard InChI is InChI=1S/C39H51N6O9PS/c1-23(2)40-37-42-32(22-56-37)31-19-34(28-16-15-26(52-3)17-30(28)41-31)53-27-18-33-35(46)44-39(55(49,50)51)20-24(39)11-7-5-4-6-8-14-29(36(47)45(33)21-27)43-38(48)54-25-12-9-10-13-25/h7,11,15-17,19,22-25,27,29,33H,4-6,8-10,12-14,18,20-21H2,1-3H3,(H,40,42)(H,43,48)(H,44,46)(H2,49,50,51)/b11-7-/t24?,27-,29+,33+,39?/m1/s1. The lowest BCUT2D eigenvalue weighted by atomic mass is 10.0. The highest BCUT2D eigenvalue weighted by atomic mass is 32.1. The third kappa shape index (κ3) is 8.83. The van der Waals surface area contributed by atoms with Crippen LogP contribution in [0.2, 0.25) is 0 Å².